The van der Waals surface area contributed by atoms with Gasteiger partial charge in [-0.05, 0) is 6.07 Å². The number of hydrogen-bond acceptors (Lipinski definition) is 4. The zero-order chi connectivity index (χ0) is 13.1. The molecule has 0 aliphatic carbocycles. The van der Waals surface area contributed by atoms with Gasteiger partial charge in [-0.3, -0.25) is 4.79 Å². The maximum Gasteiger partial charge on any atom is 0.254 e. The Labute approximate surface area is 95.9 Å². The number of nitrogens with one attached hydrogen (secondary N) is 1. The standard InChI is InChI=1S/C8H9F2N3O3S/c9-6-5(1-2-12-7(6)10)8(14)13-3-4-17(11,15)16/h1-2H,3-4H2,(H,13,14)(H2,11,15,16). The smallest absolute Gasteiger partial charge is 0.254 e. The molecule has 17 heavy (non-hydrogen) atoms. The maximum absolute atomic E-state index is 13.1. The second-order valence-corrected chi connectivity index (χ2v) is 4.82. The lowest BCUT2D eigenvalue weighted by Gasteiger charge is -2.05. The number of carbonyl (C=O) groups excluding carboxylic acids is 1. The van der Waals surface area contributed by atoms with E-state index in [-0.39, 0.29) is 6.54 Å². The first-order valence-electron chi connectivity index (χ1n) is 4.40. The van der Waals surface area contributed by atoms with E-state index >= 15 is 0 Å². The Kier molecular flexibility index (Phi) is 4.07. The lowest BCUT2D eigenvalue weighted by Crippen LogP contribution is -2.32. The summed E-state index contributed by atoms with van der Waals surface area (Å²) in [6, 6.07) is 0.977. The Morgan fingerprint density at radius 3 is 2.71 bits per heavy atom. The minimum absolute atomic E-state index is 0.291. The fourth-order valence-electron chi connectivity index (χ4n) is 0.996. The molecule has 0 aliphatic rings. The van der Waals surface area contributed by atoms with E-state index < -0.39 is 39.0 Å². The van der Waals surface area contributed by atoms with Gasteiger partial charge in [-0.2, -0.15) is 4.39 Å². The van der Waals surface area contributed by atoms with Gasteiger partial charge in [0, 0.05) is 12.7 Å². The van der Waals surface area contributed by atoms with Crippen LogP contribution in [0, 0.1) is 11.8 Å². The minimum Gasteiger partial charge on any atom is -0.351 e. The van der Waals surface area contributed by atoms with E-state index in [0.717, 1.165) is 12.3 Å². The third kappa shape index (κ3) is 4.04. The number of nitrogens with zero attached hydrogens (tertiary/aromatic N) is 1. The highest BCUT2D eigenvalue weighted by atomic mass is 32.2. The number of pyridine rings is 1. The molecule has 0 aliphatic heterocycles. The van der Waals surface area contributed by atoms with Crippen LogP contribution in [0.2, 0.25) is 0 Å². The molecule has 0 aromatic carbocycles. The van der Waals surface area contributed by atoms with Crippen LogP contribution >= 0.6 is 0 Å². The molecule has 1 aromatic heterocycles. The Morgan fingerprint density at radius 1 is 1.47 bits per heavy atom. The van der Waals surface area contributed by atoms with Crippen LogP contribution in [-0.2, 0) is 10.0 Å². The molecule has 1 aromatic rings. The van der Waals surface area contributed by atoms with Crippen molar-refractivity contribution in [1.29, 1.82) is 0 Å². The van der Waals surface area contributed by atoms with Gasteiger partial charge < -0.3 is 5.32 Å². The summed E-state index contributed by atoms with van der Waals surface area (Å²) in [7, 11) is -3.72. The highest BCUT2D eigenvalue weighted by Gasteiger charge is 2.16. The molecular weight excluding hydrogens is 256 g/mol. The molecule has 0 bridgehead atoms. The maximum atomic E-state index is 13.1. The van der Waals surface area contributed by atoms with E-state index in [1.807, 2.05) is 0 Å². The summed E-state index contributed by atoms with van der Waals surface area (Å²) in [6.45, 7) is -0.291. The summed E-state index contributed by atoms with van der Waals surface area (Å²) >= 11 is 0. The summed E-state index contributed by atoms with van der Waals surface area (Å²) in [5, 5.41) is 6.78. The highest BCUT2D eigenvalue weighted by molar-refractivity contribution is 7.89. The molecular formula is C8H9F2N3O3S. The summed E-state index contributed by atoms with van der Waals surface area (Å²) < 4.78 is 46.8. The molecule has 9 heteroatoms. The van der Waals surface area contributed by atoms with Gasteiger partial charge in [0.05, 0.1) is 11.3 Å². The van der Waals surface area contributed by atoms with Crippen molar-refractivity contribution in [3.63, 3.8) is 0 Å². The molecule has 3 N–H and O–H groups in total. The monoisotopic (exact) mass is 265 g/mol. The SMILES string of the molecule is NS(=O)(=O)CCNC(=O)c1ccnc(F)c1F. The first kappa shape index (κ1) is 13.5. The lowest BCUT2D eigenvalue weighted by molar-refractivity contribution is 0.0950. The molecule has 0 radical (unpaired) electrons. The van der Waals surface area contributed by atoms with Gasteiger partial charge in [-0.15, -0.1) is 0 Å². The predicted octanol–water partition coefficient (Wildman–Crippen LogP) is -0.622. The largest absolute Gasteiger partial charge is 0.351 e. The molecule has 0 spiro atoms. The molecule has 6 nitrogen and oxygen atoms in total. The average molecular weight is 265 g/mol. The molecule has 1 rings (SSSR count). The van der Waals surface area contributed by atoms with Gasteiger partial charge in [0.2, 0.25) is 16.0 Å². The van der Waals surface area contributed by atoms with Gasteiger partial charge in [0.1, 0.15) is 0 Å². The molecule has 1 amide bonds. The Bertz CT molecular complexity index is 533. The van der Waals surface area contributed by atoms with Crippen LogP contribution < -0.4 is 10.5 Å². The third-order valence-electron chi connectivity index (χ3n) is 1.76. The first-order valence-corrected chi connectivity index (χ1v) is 6.11. The van der Waals surface area contributed by atoms with Crippen molar-refractivity contribution in [2.75, 3.05) is 12.3 Å². The highest BCUT2D eigenvalue weighted by Crippen LogP contribution is 2.08. The van der Waals surface area contributed by atoms with Crippen LogP contribution in [0.3, 0.4) is 0 Å². The molecule has 0 fully saturated rings. The lowest BCUT2D eigenvalue weighted by atomic mass is 10.2. The molecule has 1 heterocycles. The summed E-state index contributed by atoms with van der Waals surface area (Å²) in [4.78, 5) is 14.3. The normalized spacial score (nSPS) is 11.2. The number of primary sulfonamides is 1. The number of nitrogens with two attached hydrogens (primary N) is 1. The third-order valence-corrected chi connectivity index (χ3v) is 2.54. The van der Waals surface area contributed by atoms with E-state index in [0.29, 0.717) is 0 Å². The van der Waals surface area contributed by atoms with Gasteiger partial charge in [0.25, 0.3) is 5.91 Å². The zero-order valence-electron chi connectivity index (χ0n) is 8.48. The number of carbonyl (C=O) groups is 1. The Morgan fingerprint density at radius 2 is 2.12 bits per heavy atom. The average Bonchev–Trinajstić information content (AvgIpc) is 2.20. The molecule has 0 atom stereocenters. The number of aromatic nitrogens is 1. The van der Waals surface area contributed by atoms with Gasteiger partial charge in [0.15, 0.2) is 5.82 Å². The second kappa shape index (κ2) is 5.15. The number of sulfonamides is 1. The number of amides is 1. The van der Waals surface area contributed by atoms with Crippen LogP contribution in [0.5, 0.6) is 0 Å². The number of halogens is 2. The van der Waals surface area contributed by atoms with Crippen LogP contribution in [0.15, 0.2) is 12.3 Å². The van der Waals surface area contributed by atoms with E-state index in [9.17, 15) is 22.0 Å². The van der Waals surface area contributed by atoms with Gasteiger partial charge in [-0.1, -0.05) is 0 Å². The van der Waals surface area contributed by atoms with Crippen LogP contribution in [0.1, 0.15) is 10.4 Å². The van der Waals surface area contributed by atoms with Gasteiger partial charge >= 0.3 is 0 Å². The molecule has 0 saturated heterocycles. The van der Waals surface area contributed by atoms with E-state index in [2.05, 4.69) is 10.3 Å². The van der Waals surface area contributed by atoms with Crippen molar-refractivity contribution < 1.29 is 22.0 Å². The van der Waals surface area contributed by atoms with Crippen molar-refractivity contribution in [2.24, 2.45) is 5.14 Å². The van der Waals surface area contributed by atoms with Crippen molar-refractivity contribution in [3.05, 3.63) is 29.6 Å². The van der Waals surface area contributed by atoms with Crippen molar-refractivity contribution in [2.45, 2.75) is 0 Å². The van der Waals surface area contributed by atoms with E-state index in [1.165, 1.54) is 0 Å². The van der Waals surface area contributed by atoms with Crippen LogP contribution in [0.4, 0.5) is 8.78 Å². The van der Waals surface area contributed by atoms with E-state index in [4.69, 9.17) is 5.14 Å². The van der Waals surface area contributed by atoms with E-state index in [1.54, 1.807) is 0 Å². The van der Waals surface area contributed by atoms with Crippen LogP contribution in [-0.4, -0.2) is 31.6 Å². The Hall–Kier alpha value is -1.61. The fourth-order valence-corrected chi connectivity index (χ4v) is 1.38. The quantitative estimate of drug-likeness (QED) is 0.708. The fraction of sp³-hybridized carbons (Fsp3) is 0.250. The zero-order valence-corrected chi connectivity index (χ0v) is 9.30. The van der Waals surface area contributed by atoms with Crippen molar-refractivity contribution in [3.8, 4) is 0 Å². The summed E-state index contributed by atoms with van der Waals surface area (Å²) in [5.74, 6) is -4.22. The summed E-state index contributed by atoms with van der Waals surface area (Å²) in [5.41, 5.74) is -0.549. The topological polar surface area (TPSA) is 102 Å². The van der Waals surface area contributed by atoms with Crippen molar-refractivity contribution >= 4 is 15.9 Å². The number of rotatable bonds is 4. The predicted molar refractivity (Wildman–Crippen MR) is 54.5 cm³/mol. The number of hydrogen-bond donors (Lipinski definition) is 2. The first-order chi connectivity index (χ1) is 7.81. The Balaban J connectivity index is 2.68. The van der Waals surface area contributed by atoms with Gasteiger partial charge in [-0.25, -0.2) is 22.9 Å². The minimum atomic E-state index is -3.72. The summed E-state index contributed by atoms with van der Waals surface area (Å²) in [6.07, 6.45) is 0.924. The van der Waals surface area contributed by atoms with Crippen molar-refractivity contribution in [1.82, 2.24) is 10.3 Å². The molecule has 0 saturated carbocycles. The van der Waals surface area contributed by atoms with Crippen LogP contribution in [0.25, 0.3) is 0 Å². The molecule has 94 valence electrons. The second-order valence-electron chi connectivity index (χ2n) is 3.09. The molecule has 0 unspecified atom stereocenters.